The van der Waals surface area contributed by atoms with Gasteiger partial charge < -0.3 is 9.94 Å². The molecule has 4 nitrogen and oxygen atoms in total. The molecule has 1 aliphatic rings. The Kier molecular flexibility index (Phi) is 3.89. The number of aliphatic hydroxyl groups is 1. The van der Waals surface area contributed by atoms with Gasteiger partial charge in [0.25, 0.3) is 0 Å². The summed E-state index contributed by atoms with van der Waals surface area (Å²) in [6.45, 7) is 3.84. The van der Waals surface area contributed by atoms with Crippen molar-refractivity contribution in [2.24, 2.45) is 11.1 Å². The molecule has 2 atom stereocenters. The fourth-order valence-corrected chi connectivity index (χ4v) is 2.86. The molecule has 2 heterocycles. The van der Waals surface area contributed by atoms with E-state index in [0.717, 1.165) is 16.8 Å². The number of aliphatic hydroxyl groups excluding tert-OH is 1. The van der Waals surface area contributed by atoms with Gasteiger partial charge in [-0.15, -0.1) is 0 Å². The van der Waals surface area contributed by atoms with Crippen LogP contribution in [0.5, 0.6) is 0 Å². The lowest BCUT2D eigenvalue weighted by molar-refractivity contribution is -0.0481. The lowest BCUT2D eigenvalue weighted by Crippen LogP contribution is -2.37. The molecule has 1 aromatic heterocycles. The van der Waals surface area contributed by atoms with Crippen molar-refractivity contribution in [3.63, 3.8) is 0 Å². The van der Waals surface area contributed by atoms with Gasteiger partial charge in [0.2, 0.25) is 0 Å². The average molecular weight is 317 g/mol. The second kappa shape index (κ2) is 5.71. The van der Waals surface area contributed by atoms with Crippen LogP contribution in [-0.2, 0) is 4.84 Å². The molecule has 114 valence electrons. The summed E-state index contributed by atoms with van der Waals surface area (Å²) in [5.41, 5.74) is 1.75. The largest absolute Gasteiger partial charge is 0.389 e. The van der Waals surface area contributed by atoms with Gasteiger partial charge in [0.15, 0.2) is 0 Å². The molecule has 0 saturated carbocycles. The van der Waals surface area contributed by atoms with Crippen molar-refractivity contribution in [2.75, 3.05) is 0 Å². The van der Waals surface area contributed by atoms with E-state index in [2.05, 4.69) is 10.1 Å². The Morgan fingerprint density at radius 3 is 2.59 bits per heavy atom. The van der Waals surface area contributed by atoms with E-state index in [1.54, 1.807) is 30.6 Å². The van der Waals surface area contributed by atoms with Gasteiger partial charge in [-0.25, -0.2) is 0 Å². The Morgan fingerprint density at radius 2 is 1.95 bits per heavy atom. The lowest BCUT2D eigenvalue weighted by Gasteiger charge is -2.29. The second-order valence-electron chi connectivity index (χ2n) is 5.89. The summed E-state index contributed by atoms with van der Waals surface area (Å²) in [7, 11) is 0. The predicted octanol–water partition coefficient (Wildman–Crippen LogP) is 3.60. The third-order valence-electron chi connectivity index (χ3n) is 3.90. The maximum absolute atomic E-state index is 10.8. The highest BCUT2D eigenvalue weighted by molar-refractivity contribution is 6.30. The Morgan fingerprint density at radius 1 is 1.23 bits per heavy atom. The topological polar surface area (TPSA) is 54.7 Å². The molecular weight excluding hydrogens is 300 g/mol. The Labute approximate surface area is 134 Å². The minimum Gasteiger partial charge on any atom is -0.389 e. The first-order chi connectivity index (χ1) is 10.5. The molecule has 5 heteroatoms. The van der Waals surface area contributed by atoms with Gasteiger partial charge in [0.05, 0.1) is 17.7 Å². The van der Waals surface area contributed by atoms with E-state index in [-0.39, 0.29) is 5.92 Å². The van der Waals surface area contributed by atoms with Crippen molar-refractivity contribution in [1.82, 2.24) is 4.98 Å². The van der Waals surface area contributed by atoms with Gasteiger partial charge in [-0.05, 0) is 43.2 Å². The monoisotopic (exact) mass is 316 g/mol. The number of hydrogen-bond acceptors (Lipinski definition) is 4. The van der Waals surface area contributed by atoms with Crippen LogP contribution in [0.1, 0.15) is 31.1 Å². The van der Waals surface area contributed by atoms with E-state index in [1.807, 2.05) is 32.0 Å². The van der Waals surface area contributed by atoms with Crippen LogP contribution in [0, 0.1) is 5.92 Å². The zero-order valence-electron chi connectivity index (χ0n) is 12.4. The first-order valence-corrected chi connectivity index (χ1v) is 7.47. The number of oxime groups is 1. The van der Waals surface area contributed by atoms with Crippen LogP contribution < -0.4 is 0 Å². The summed E-state index contributed by atoms with van der Waals surface area (Å²) >= 11 is 5.94. The summed E-state index contributed by atoms with van der Waals surface area (Å²) in [5.74, 6) is -0.294. The van der Waals surface area contributed by atoms with Crippen molar-refractivity contribution in [1.29, 1.82) is 0 Å². The first-order valence-electron chi connectivity index (χ1n) is 7.09. The van der Waals surface area contributed by atoms with Crippen LogP contribution in [0.3, 0.4) is 0 Å². The molecule has 2 unspecified atom stereocenters. The molecule has 0 radical (unpaired) electrons. The highest BCUT2D eigenvalue weighted by Crippen LogP contribution is 2.40. The van der Waals surface area contributed by atoms with Crippen molar-refractivity contribution in [3.05, 3.63) is 64.9 Å². The smallest absolute Gasteiger partial charge is 0.143 e. The highest BCUT2D eigenvalue weighted by atomic mass is 35.5. The average Bonchev–Trinajstić information content (AvgIpc) is 2.83. The molecule has 0 fully saturated rings. The number of nitrogens with zero attached hydrogens (tertiary/aromatic N) is 2. The maximum atomic E-state index is 10.8. The summed E-state index contributed by atoms with van der Waals surface area (Å²) in [6, 6.07) is 11.0. The summed E-state index contributed by atoms with van der Waals surface area (Å²) in [6.07, 6.45) is 2.60. The number of aromatic nitrogens is 1. The first kappa shape index (κ1) is 15.0. The van der Waals surface area contributed by atoms with Gasteiger partial charge in [-0.1, -0.05) is 35.0 Å². The van der Waals surface area contributed by atoms with E-state index >= 15 is 0 Å². The van der Waals surface area contributed by atoms with Gasteiger partial charge in [-0.3, -0.25) is 4.98 Å². The number of halogens is 1. The lowest BCUT2D eigenvalue weighted by atomic mass is 9.78. The molecule has 1 N–H and O–H groups in total. The molecule has 22 heavy (non-hydrogen) atoms. The number of rotatable bonds is 3. The molecule has 3 rings (SSSR count). The third-order valence-corrected chi connectivity index (χ3v) is 4.16. The van der Waals surface area contributed by atoms with Crippen molar-refractivity contribution in [2.45, 2.75) is 25.6 Å². The van der Waals surface area contributed by atoms with Crippen LogP contribution >= 0.6 is 11.6 Å². The zero-order chi connectivity index (χ0) is 15.7. The van der Waals surface area contributed by atoms with Crippen molar-refractivity contribution >= 4 is 17.3 Å². The Hall–Kier alpha value is -1.91. The summed E-state index contributed by atoms with van der Waals surface area (Å²) in [5, 5.41) is 15.7. The van der Waals surface area contributed by atoms with Gasteiger partial charge >= 0.3 is 0 Å². The number of pyridine rings is 1. The van der Waals surface area contributed by atoms with Crippen LogP contribution in [0.2, 0.25) is 5.02 Å². The van der Waals surface area contributed by atoms with Crippen LogP contribution in [-0.4, -0.2) is 21.4 Å². The fourth-order valence-electron chi connectivity index (χ4n) is 2.74. The van der Waals surface area contributed by atoms with E-state index in [0.29, 0.717) is 5.02 Å². The SMILES string of the molecule is CC1(C)ON=C(c2ccc(Cl)cc2)C1C(O)c1cccnc1. The molecule has 0 bridgehead atoms. The summed E-state index contributed by atoms with van der Waals surface area (Å²) in [4.78, 5) is 9.64. The molecule has 0 saturated heterocycles. The number of hydrogen-bond donors (Lipinski definition) is 1. The van der Waals surface area contributed by atoms with E-state index in [4.69, 9.17) is 16.4 Å². The van der Waals surface area contributed by atoms with Crippen molar-refractivity contribution < 1.29 is 9.94 Å². The zero-order valence-corrected chi connectivity index (χ0v) is 13.2. The molecular formula is C17H17ClN2O2. The molecule has 1 aliphatic heterocycles. The normalized spacial score (nSPS) is 21.1. The third kappa shape index (κ3) is 2.72. The van der Waals surface area contributed by atoms with Crippen LogP contribution in [0.15, 0.2) is 53.9 Å². The Balaban J connectivity index is 1.98. The predicted molar refractivity (Wildman–Crippen MR) is 85.8 cm³/mol. The number of benzene rings is 1. The molecule has 0 aliphatic carbocycles. The minimum absolute atomic E-state index is 0.294. The van der Waals surface area contributed by atoms with E-state index < -0.39 is 11.7 Å². The highest BCUT2D eigenvalue weighted by Gasteiger charge is 2.46. The minimum atomic E-state index is -0.749. The van der Waals surface area contributed by atoms with Crippen LogP contribution in [0.4, 0.5) is 0 Å². The van der Waals surface area contributed by atoms with E-state index in [1.165, 1.54) is 0 Å². The second-order valence-corrected chi connectivity index (χ2v) is 6.32. The van der Waals surface area contributed by atoms with Gasteiger partial charge in [0, 0.05) is 17.4 Å². The van der Waals surface area contributed by atoms with Gasteiger partial charge in [0.1, 0.15) is 5.60 Å². The quantitative estimate of drug-likeness (QED) is 0.941. The maximum Gasteiger partial charge on any atom is 0.143 e. The standard InChI is InChI=1S/C17H17ClN2O2/c1-17(2)14(16(21)12-4-3-9-19-10-12)15(20-22-17)11-5-7-13(18)8-6-11/h3-10,14,16,21H,1-2H3. The Bertz CT molecular complexity index is 684. The van der Waals surface area contributed by atoms with Crippen LogP contribution in [0.25, 0.3) is 0 Å². The molecule has 0 spiro atoms. The molecule has 0 amide bonds. The fraction of sp³-hybridized carbons (Fsp3) is 0.294. The summed E-state index contributed by atoms with van der Waals surface area (Å²) < 4.78 is 0. The van der Waals surface area contributed by atoms with Gasteiger partial charge in [-0.2, -0.15) is 0 Å². The van der Waals surface area contributed by atoms with E-state index in [9.17, 15) is 5.11 Å². The van der Waals surface area contributed by atoms with Crippen molar-refractivity contribution in [3.8, 4) is 0 Å². The molecule has 1 aromatic carbocycles. The molecule has 2 aromatic rings.